The Labute approximate surface area is 188 Å². The van der Waals surface area contributed by atoms with Crippen LogP contribution in [-0.4, -0.2) is 0 Å². The smallest absolute Gasteiger partial charge is 0.0169 e. The Morgan fingerprint density at radius 1 is 0.900 bits per heavy atom. The molecule has 170 valence electrons. The van der Waals surface area contributed by atoms with Gasteiger partial charge in [0.2, 0.25) is 0 Å². The van der Waals surface area contributed by atoms with Gasteiger partial charge in [-0.1, -0.05) is 64.8 Å². The van der Waals surface area contributed by atoms with Crippen molar-refractivity contribution in [3.8, 4) is 0 Å². The first kappa shape index (κ1) is 22.7. The van der Waals surface area contributed by atoms with Gasteiger partial charge in [0.1, 0.15) is 0 Å². The van der Waals surface area contributed by atoms with Crippen LogP contribution in [0.2, 0.25) is 0 Å². The quantitative estimate of drug-likeness (QED) is 0.406. The number of rotatable bonds is 3. The van der Waals surface area contributed by atoms with E-state index in [1.165, 1.54) is 76.2 Å². The van der Waals surface area contributed by atoms with Crippen LogP contribution in [0.5, 0.6) is 0 Å². The van der Waals surface area contributed by atoms with Crippen molar-refractivity contribution >= 4 is 0 Å². The summed E-state index contributed by atoms with van der Waals surface area (Å²) in [5, 5.41) is 0. The third-order valence-electron chi connectivity index (χ3n) is 11.7. The molecule has 0 aromatic rings. The maximum atomic E-state index is 4.62. The van der Waals surface area contributed by atoms with Gasteiger partial charge in [-0.25, -0.2) is 0 Å². The summed E-state index contributed by atoms with van der Waals surface area (Å²) >= 11 is 0. The van der Waals surface area contributed by atoms with Gasteiger partial charge in [0, 0.05) is 0 Å². The monoisotopic (exact) mass is 410 g/mol. The summed E-state index contributed by atoms with van der Waals surface area (Å²) < 4.78 is 0. The van der Waals surface area contributed by atoms with E-state index in [0.29, 0.717) is 21.7 Å². The summed E-state index contributed by atoms with van der Waals surface area (Å²) in [6.45, 7) is 22.5. The van der Waals surface area contributed by atoms with E-state index < -0.39 is 0 Å². The van der Waals surface area contributed by atoms with E-state index in [4.69, 9.17) is 0 Å². The molecule has 0 radical (unpaired) electrons. The molecule has 4 rings (SSSR count). The van der Waals surface area contributed by atoms with Gasteiger partial charge >= 0.3 is 0 Å². The fourth-order valence-corrected chi connectivity index (χ4v) is 10.0. The predicted octanol–water partition coefficient (Wildman–Crippen LogP) is 9.36. The summed E-state index contributed by atoms with van der Waals surface area (Å²) in [6, 6.07) is 0. The summed E-state index contributed by atoms with van der Waals surface area (Å²) in [4.78, 5) is 0. The van der Waals surface area contributed by atoms with Crippen molar-refractivity contribution in [2.24, 2.45) is 45.3 Å². The van der Waals surface area contributed by atoms with Gasteiger partial charge in [-0.3, -0.25) is 0 Å². The molecule has 0 aromatic heterocycles. The molecular weight excluding hydrogens is 360 g/mol. The standard InChI is InChI=1S/C30H50/c1-21(2)11-9-12-23-22(3)15-19-29(7)24(23)13-14-26-28(6)18-10-17-27(4,5)25(28)16-20-30(26,29)8/h11,23-26H,3,9-10,12-20H2,1-2,4-8H3/t23-,24+,25-,26+,28-,29+,30+/m0/s1. The largest absolute Gasteiger partial charge is 0.0996 e. The zero-order valence-corrected chi connectivity index (χ0v) is 21.4. The average molecular weight is 411 g/mol. The highest BCUT2D eigenvalue weighted by Gasteiger charge is 2.66. The highest BCUT2D eigenvalue weighted by atomic mass is 14.7. The van der Waals surface area contributed by atoms with E-state index >= 15 is 0 Å². The molecule has 0 aromatic carbocycles. The molecule has 0 unspecified atom stereocenters. The molecule has 30 heavy (non-hydrogen) atoms. The van der Waals surface area contributed by atoms with Crippen molar-refractivity contribution in [1.82, 2.24) is 0 Å². The molecule has 0 aliphatic heterocycles. The minimum absolute atomic E-state index is 0.502. The fraction of sp³-hybridized carbons (Fsp3) is 0.867. The number of allylic oxidation sites excluding steroid dienone is 3. The molecule has 0 nitrogen and oxygen atoms in total. The van der Waals surface area contributed by atoms with Gasteiger partial charge in [0.05, 0.1) is 0 Å². The van der Waals surface area contributed by atoms with Gasteiger partial charge < -0.3 is 0 Å². The van der Waals surface area contributed by atoms with E-state index in [9.17, 15) is 0 Å². The molecule has 0 saturated heterocycles. The maximum absolute atomic E-state index is 4.62. The van der Waals surface area contributed by atoms with Crippen molar-refractivity contribution in [3.05, 3.63) is 23.8 Å². The Balaban J connectivity index is 1.66. The summed E-state index contributed by atoms with van der Waals surface area (Å²) in [5.41, 5.74) is 5.18. The van der Waals surface area contributed by atoms with Crippen molar-refractivity contribution in [2.75, 3.05) is 0 Å². The molecule has 7 atom stereocenters. The van der Waals surface area contributed by atoms with Crippen LogP contribution >= 0.6 is 0 Å². The highest BCUT2D eigenvalue weighted by Crippen LogP contribution is 2.74. The summed E-state index contributed by atoms with van der Waals surface area (Å²) in [5.74, 6) is 3.48. The Bertz CT molecular complexity index is 706. The summed E-state index contributed by atoms with van der Waals surface area (Å²) in [6.07, 6.45) is 18.0. The van der Waals surface area contributed by atoms with Crippen LogP contribution in [-0.2, 0) is 0 Å². The topological polar surface area (TPSA) is 0 Å². The normalized spacial score (nSPS) is 47.6. The van der Waals surface area contributed by atoms with Crippen LogP contribution < -0.4 is 0 Å². The van der Waals surface area contributed by atoms with Crippen molar-refractivity contribution < 1.29 is 0 Å². The first-order valence-corrected chi connectivity index (χ1v) is 13.3. The van der Waals surface area contributed by atoms with Gasteiger partial charge in [-0.05, 0) is 123 Å². The second-order valence-corrected chi connectivity index (χ2v) is 13.6. The van der Waals surface area contributed by atoms with Gasteiger partial charge in [0.15, 0.2) is 0 Å². The minimum Gasteiger partial charge on any atom is -0.0996 e. The van der Waals surface area contributed by atoms with Crippen LogP contribution in [0.3, 0.4) is 0 Å². The lowest BCUT2D eigenvalue weighted by molar-refractivity contribution is -0.218. The lowest BCUT2D eigenvalue weighted by atomic mass is 9.33. The second kappa shape index (κ2) is 7.52. The molecule has 4 aliphatic rings. The van der Waals surface area contributed by atoms with Crippen LogP contribution in [0.1, 0.15) is 119 Å². The molecule has 4 saturated carbocycles. The Morgan fingerprint density at radius 2 is 1.63 bits per heavy atom. The predicted molar refractivity (Wildman–Crippen MR) is 131 cm³/mol. The maximum Gasteiger partial charge on any atom is -0.0169 e. The number of fused-ring (bicyclic) bond motifs is 5. The molecule has 0 N–H and O–H groups in total. The Morgan fingerprint density at radius 3 is 2.33 bits per heavy atom. The Hall–Kier alpha value is -0.520. The van der Waals surface area contributed by atoms with Crippen LogP contribution in [0.25, 0.3) is 0 Å². The number of hydrogen-bond acceptors (Lipinski definition) is 0. The lowest BCUT2D eigenvalue weighted by Gasteiger charge is -2.71. The number of hydrogen-bond donors (Lipinski definition) is 0. The molecule has 4 aliphatic carbocycles. The van der Waals surface area contributed by atoms with E-state index in [-0.39, 0.29) is 0 Å². The van der Waals surface area contributed by atoms with Gasteiger partial charge in [-0.2, -0.15) is 0 Å². The van der Waals surface area contributed by atoms with E-state index in [1.54, 1.807) is 5.57 Å². The van der Waals surface area contributed by atoms with Gasteiger partial charge in [-0.15, -0.1) is 0 Å². The van der Waals surface area contributed by atoms with Crippen LogP contribution in [0, 0.1) is 45.3 Å². The molecular formula is C30H50. The molecule has 0 bridgehead atoms. The summed E-state index contributed by atoms with van der Waals surface area (Å²) in [7, 11) is 0. The van der Waals surface area contributed by atoms with Gasteiger partial charge in [0.25, 0.3) is 0 Å². The first-order chi connectivity index (χ1) is 14.0. The van der Waals surface area contributed by atoms with Crippen molar-refractivity contribution in [3.63, 3.8) is 0 Å². The SMILES string of the molecule is C=C1CC[C@]2(C)[C@H](CC[C@@H]3[C@@]4(C)CCCC(C)(C)[C@@H]4CC[C@]32C)[C@H]1CCC=C(C)C. The average Bonchev–Trinajstić information content (AvgIpc) is 2.64. The lowest BCUT2D eigenvalue weighted by Crippen LogP contribution is -2.64. The second-order valence-electron chi connectivity index (χ2n) is 13.6. The van der Waals surface area contributed by atoms with E-state index in [0.717, 1.165) is 23.7 Å². The van der Waals surface area contributed by atoms with E-state index in [2.05, 4.69) is 61.1 Å². The fourth-order valence-electron chi connectivity index (χ4n) is 10.0. The third kappa shape index (κ3) is 3.21. The molecule has 4 fully saturated rings. The molecule has 0 amide bonds. The molecule has 0 heteroatoms. The Kier molecular flexibility index (Phi) is 5.68. The first-order valence-electron chi connectivity index (χ1n) is 13.3. The van der Waals surface area contributed by atoms with Crippen LogP contribution in [0.4, 0.5) is 0 Å². The highest BCUT2D eigenvalue weighted by molar-refractivity contribution is 5.20. The minimum atomic E-state index is 0.502. The van der Waals surface area contributed by atoms with Crippen molar-refractivity contribution in [2.45, 2.75) is 119 Å². The zero-order chi connectivity index (χ0) is 21.9. The van der Waals surface area contributed by atoms with E-state index in [1.807, 2.05) is 0 Å². The zero-order valence-electron chi connectivity index (χ0n) is 21.4. The van der Waals surface area contributed by atoms with Crippen molar-refractivity contribution in [1.29, 1.82) is 0 Å². The third-order valence-corrected chi connectivity index (χ3v) is 11.7. The molecule has 0 heterocycles. The van der Waals surface area contributed by atoms with Crippen LogP contribution in [0.15, 0.2) is 23.8 Å². The molecule has 0 spiro atoms.